The first-order chi connectivity index (χ1) is 13.9. The second-order valence-corrected chi connectivity index (χ2v) is 8.74. The summed E-state index contributed by atoms with van der Waals surface area (Å²) in [5.74, 6) is 1.03. The van der Waals surface area contributed by atoms with Crippen LogP contribution in [-0.4, -0.2) is 62.2 Å². The zero-order valence-electron chi connectivity index (χ0n) is 16.8. The van der Waals surface area contributed by atoms with E-state index in [1.54, 1.807) is 0 Å². The van der Waals surface area contributed by atoms with Crippen molar-refractivity contribution in [2.45, 2.75) is 69.5 Å². The monoisotopic (exact) mass is 380 g/mol. The van der Waals surface area contributed by atoms with Gasteiger partial charge >= 0.3 is 0 Å². The second-order valence-electron chi connectivity index (χ2n) is 8.74. The third-order valence-corrected chi connectivity index (χ3v) is 7.10. The number of benzene rings is 1. The molecule has 2 heterocycles. The summed E-state index contributed by atoms with van der Waals surface area (Å²) in [6.45, 7) is 4.51. The predicted octanol–water partition coefficient (Wildman–Crippen LogP) is 3.44. The summed E-state index contributed by atoms with van der Waals surface area (Å²) >= 11 is 0. The van der Waals surface area contributed by atoms with Crippen molar-refractivity contribution in [1.82, 2.24) is 30.0 Å². The van der Waals surface area contributed by atoms with E-state index in [4.69, 9.17) is 0 Å². The summed E-state index contributed by atoms with van der Waals surface area (Å²) in [6.07, 6.45) is 10.6. The minimum Gasteiger partial charge on any atom is -0.298 e. The Labute approximate surface area is 167 Å². The Bertz CT molecular complexity index is 739. The molecule has 1 aliphatic heterocycles. The van der Waals surface area contributed by atoms with Gasteiger partial charge in [0.25, 0.3) is 0 Å². The van der Waals surface area contributed by atoms with Crippen molar-refractivity contribution in [1.29, 1.82) is 0 Å². The summed E-state index contributed by atoms with van der Waals surface area (Å²) in [4.78, 5) is 5.34. The summed E-state index contributed by atoms with van der Waals surface area (Å²) in [6, 6.07) is 12.3. The lowest BCUT2D eigenvalue weighted by molar-refractivity contribution is 0.0765. The number of hydrogen-bond acceptors (Lipinski definition) is 5. The first-order valence-electron chi connectivity index (χ1n) is 11.2. The van der Waals surface area contributed by atoms with Crippen LogP contribution in [0.4, 0.5) is 0 Å². The van der Waals surface area contributed by atoms with Crippen LogP contribution in [-0.2, 0) is 0 Å². The molecule has 0 N–H and O–H groups in total. The molecular weight excluding hydrogens is 348 g/mol. The first kappa shape index (κ1) is 18.3. The Morgan fingerprint density at radius 2 is 1.43 bits per heavy atom. The molecule has 28 heavy (non-hydrogen) atoms. The van der Waals surface area contributed by atoms with Crippen LogP contribution in [0, 0.1) is 0 Å². The van der Waals surface area contributed by atoms with Crippen LogP contribution in [0.15, 0.2) is 30.3 Å². The highest BCUT2D eigenvalue weighted by Gasteiger charge is 2.34. The van der Waals surface area contributed by atoms with Gasteiger partial charge in [-0.3, -0.25) is 9.80 Å². The third-order valence-electron chi connectivity index (χ3n) is 7.10. The average molecular weight is 381 g/mol. The molecule has 3 fully saturated rings. The molecule has 6 nitrogen and oxygen atoms in total. The fourth-order valence-corrected chi connectivity index (χ4v) is 5.58. The zero-order valence-corrected chi connectivity index (χ0v) is 16.8. The number of piperazine rings is 1. The maximum Gasteiger partial charge on any atom is 0.173 e. The molecule has 0 amide bonds. The predicted molar refractivity (Wildman–Crippen MR) is 109 cm³/mol. The van der Waals surface area contributed by atoms with E-state index in [2.05, 4.69) is 60.3 Å². The zero-order chi connectivity index (χ0) is 18.8. The smallest absolute Gasteiger partial charge is 0.173 e. The van der Waals surface area contributed by atoms with Crippen LogP contribution < -0.4 is 0 Å². The number of hydrogen-bond donors (Lipinski definition) is 0. The van der Waals surface area contributed by atoms with Crippen molar-refractivity contribution in [3.63, 3.8) is 0 Å². The van der Waals surface area contributed by atoms with Gasteiger partial charge in [0.1, 0.15) is 0 Å². The van der Waals surface area contributed by atoms with E-state index in [1.165, 1.54) is 70.0 Å². The minimum atomic E-state index is 0.155. The molecule has 2 saturated carbocycles. The van der Waals surface area contributed by atoms with E-state index >= 15 is 0 Å². The molecular formula is C22H32N6. The van der Waals surface area contributed by atoms with Crippen LogP contribution in [0.5, 0.6) is 0 Å². The Morgan fingerprint density at radius 3 is 2.11 bits per heavy atom. The molecule has 0 bridgehead atoms. The SMILES string of the molecule is c1ccc([C@H](c2nnnn2C2CCCC2)N2CCN(C3CCCC3)CC2)cc1. The quantitative estimate of drug-likeness (QED) is 0.795. The van der Waals surface area contributed by atoms with Crippen molar-refractivity contribution in [2.24, 2.45) is 0 Å². The molecule has 1 aromatic carbocycles. The Balaban J connectivity index is 1.40. The first-order valence-corrected chi connectivity index (χ1v) is 11.2. The van der Waals surface area contributed by atoms with Crippen molar-refractivity contribution in [2.75, 3.05) is 26.2 Å². The lowest BCUT2D eigenvalue weighted by Gasteiger charge is -2.41. The maximum atomic E-state index is 4.56. The lowest BCUT2D eigenvalue weighted by Crippen LogP contribution is -2.51. The highest BCUT2D eigenvalue weighted by Crippen LogP contribution is 2.35. The Hall–Kier alpha value is -1.79. The molecule has 1 saturated heterocycles. The van der Waals surface area contributed by atoms with Gasteiger partial charge in [-0.15, -0.1) is 5.10 Å². The molecule has 0 spiro atoms. The fraction of sp³-hybridized carbons (Fsp3) is 0.682. The summed E-state index contributed by atoms with van der Waals surface area (Å²) < 4.78 is 2.15. The van der Waals surface area contributed by atoms with E-state index < -0.39 is 0 Å². The molecule has 1 aromatic heterocycles. The van der Waals surface area contributed by atoms with E-state index in [9.17, 15) is 0 Å². The van der Waals surface area contributed by atoms with Gasteiger partial charge < -0.3 is 0 Å². The number of aromatic nitrogens is 4. The van der Waals surface area contributed by atoms with Gasteiger partial charge in [0.2, 0.25) is 0 Å². The topological polar surface area (TPSA) is 50.1 Å². The Morgan fingerprint density at radius 1 is 0.786 bits per heavy atom. The van der Waals surface area contributed by atoms with Crippen molar-refractivity contribution < 1.29 is 0 Å². The molecule has 150 valence electrons. The molecule has 0 unspecified atom stereocenters. The van der Waals surface area contributed by atoms with E-state index in [-0.39, 0.29) is 6.04 Å². The molecule has 0 radical (unpaired) electrons. The molecule has 2 aliphatic carbocycles. The van der Waals surface area contributed by atoms with E-state index in [1.807, 2.05) is 0 Å². The normalized spacial score (nSPS) is 24.1. The van der Waals surface area contributed by atoms with Crippen molar-refractivity contribution in [3.05, 3.63) is 41.7 Å². The molecule has 1 atom stereocenters. The lowest BCUT2D eigenvalue weighted by atomic mass is 10.0. The standard InChI is InChI=1S/C22H32N6/c1-2-8-18(9-3-1)21(22-23-24-25-28(22)20-12-6-7-13-20)27-16-14-26(15-17-27)19-10-4-5-11-19/h1-3,8-9,19-21H,4-7,10-17H2/t21-/m1/s1. The van der Waals surface area contributed by atoms with Gasteiger partial charge in [0, 0.05) is 32.2 Å². The van der Waals surface area contributed by atoms with Crippen molar-refractivity contribution >= 4 is 0 Å². The van der Waals surface area contributed by atoms with Gasteiger partial charge in [-0.25, -0.2) is 4.68 Å². The highest BCUT2D eigenvalue weighted by molar-refractivity contribution is 5.25. The van der Waals surface area contributed by atoms with Gasteiger partial charge in [0.05, 0.1) is 12.1 Å². The minimum absolute atomic E-state index is 0.155. The second kappa shape index (κ2) is 8.29. The highest BCUT2D eigenvalue weighted by atomic mass is 15.6. The average Bonchev–Trinajstić information content (AvgIpc) is 3.51. The fourth-order valence-electron chi connectivity index (χ4n) is 5.58. The maximum absolute atomic E-state index is 4.56. The van der Waals surface area contributed by atoms with Gasteiger partial charge in [0.15, 0.2) is 5.82 Å². The van der Waals surface area contributed by atoms with E-state index in [0.717, 1.165) is 25.0 Å². The van der Waals surface area contributed by atoms with E-state index in [0.29, 0.717) is 6.04 Å². The van der Waals surface area contributed by atoms with Gasteiger partial charge in [-0.2, -0.15) is 0 Å². The van der Waals surface area contributed by atoms with Crippen LogP contribution in [0.25, 0.3) is 0 Å². The molecule has 3 aliphatic rings. The largest absolute Gasteiger partial charge is 0.298 e. The van der Waals surface area contributed by atoms with Crippen LogP contribution in [0.2, 0.25) is 0 Å². The third kappa shape index (κ3) is 3.60. The number of nitrogens with zero attached hydrogens (tertiary/aromatic N) is 6. The summed E-state index contributed by atoms with van der Waals surface area (Å²) in [5.41, 5.74) is 1.31. The Kier molecular flexibility index (Phi) is 5.41. The summed E-state index contributed by atoms with van der Waals surface area (Å²) in [5, 5.41) is 13.1. The molecule has 2 aromatic rings. The van der Waals surface area contributed by atoms with Gasteiger partial charge in [-0.05, 0) is 41.7 Å². The van der Waals surface area contributed by atoms with Crippen molar-refractivity contribution in [3.8, 4) is 0 Å². The summed E-state index contributed by atoms with van der Waals surface area (Å²) in [7, 11) is 0. The van der Waals surface area contributed by atoms with Crippen LogP contribution >= 0.6 is 0 Å². The molecule has 6 heteroatoms. The van der Waals surface area contributed by atoms with Crippen LogP contribution in [0.3, 0.4) is 0 Å². The van der Waals surface area contributed by atoms with Gasteiger partial charge in [-0.1, -0.05) is 56.0 Å². The molecule has 5 rings (SSSR count). The number of rotatable bonds is 5. The number of tetrazole rings is 1. The van der Waals surface area contributed by atoms with Crippen LogP contribution in [0.1, 0.15) is 74.8 Å².